The Morgan fingerprint density at radius 3 is 2.82 bits per heavy atom. The summed E-state index contributed by atoms with van der Waals surface area (Å²) >= 11 is 0. The minimum Gasteiger partial charge on any atom is -0.376 e. The van der Waals surface area contributed by atoms with Crippen LogP contribution in [0.25, 0.3) is 0 Å². The van der Waals surface area contributed by atoms with Crippen LogP contribution >= 0.6 is 0 Å². The topological polar surface area (TPSA) is 84.7 Å². The molecule has 2 atom stereocenters. The van der Waals surface area contributed by atoms with Gasteiger partial charge in [-0.25, -0.2) is 4.79 Å². The number of nitrogens with one attached hydrogen (secondary N) is 1. The van der Waals surface area contributed by atoms with E-state index < -0.39 is 12.1 Å². The van der Waals surface area contributed by atoms with Gasteiger partial charge in [-0.05, 0) is 25.3 Å². The molecule has 6 nitrogen and oxygen atoms in total. The molecular weight excluding hydrogens is 282 g/mol. The zero-order chi connectivity index (χ0) is 15.9. The van der Waals surface area contributed by atoms with Crippen molar-refractivity contribution in [2.75, 3.05) is 19.7 Å². The second kappa shape index (κ2) is 7.91. The Morgan fingerprint density at radius 2 is 2.14 bits per heavy atom. The van der Waals surface area contributed by atoms with Crippen LogP contribution in [-0.4, -0.2) is 48.7 Å². The maximum absolute atomic E-state index is 11.8. The number of morpholine rings is 1. The number of imide groups is 1. The number of carbonyl (C=O) groups excluding carboxylic acids is 2. The zero-order valence-corrected chi connectivity index (χ0v) is 12.8. The molecule has 0 aliphatic carbocycles. The Kier molecular flexibility index (Phi) is 5.91. The van der Waals surface area contributed by atoms with E-state index in [0.717, 1.165) is 12.8 Å². The molecule has 6 heteroatoms. The average Bonchev–Trinajstić information content (AvgIpc) is 2.53. The highest BCUT2D eigenvalue weighted by Gasteiger charge is 2.28. The SMILES string of the molecule is C[C@@H](C(=O)NC(N)=O)N1CCO[C@H](CCc2ccccc2)C1. The highest BCUT2D eigenvalue weighted by Crippen LogP contribution is 2.14. The lowest BCUT2D eigenvalue weighted by atomic mass is 10.1. The van der Waals surface area contributed by atoms with Gasteiger partial charge in [0, 0.05) is 13.1 Å². The second-order valence-corrected chi connectivity index (χ2v) is 5.54. The monoisotopic (exact) mass is 305 g/mol. The molecule has 3 amide bonds. The number of amides is 3. The third-order valence-corrected chi connectivity index (χ3v) is 3.94. The van der Waals surface area contributed by atoms with Gasteiger partial charge in [0.2, 0.25) is 5.91 Å². The van der Waals surface area contributed by atoms with E-state index in [1.165, 1.54) is 5.56 Å². The molecule has 22 heavy (non-hydrogen) atoms. The van der Waals surface area contributed by atoms with Crippen molar-refractivity contribution in [1.82, 2.24) is 10.2 Å². The summed E-state index contributed by atoms with van der Waals surface area (Å²) in [7, 11) is 0. The summed E-state index contributed by atoms with van der Waals surface area (Å²) in [4.78, 5) is 24.6. The fourth-order valence-electron chi connectivity index (χ4n) is 2.63. The summed E-state index contributed by atoms with van der Waals surface area (Å²) in [5.41, 5.74) is 6.27. The van der Waals surface area contributed by atoms with Gasteiger partial charge in [0.05, 0.1) is 18.8 Å². The molecule has 1 fully saturated rings. The van der Waals surface area contributed by atoms with Crippen molar-refractivity contribution in [1.29, 1.82) is 0 Å². The van der Waals surface area contributed by atoms with Crippen LogP contribution in [0.4, 0.5) is 4.79 Å². The normalized spacial score (nSPS) is 20.3. The number of nitrogens with two attached hydrogens (primary N) is 1. The first-order chi connectivity index (χ1) is 10.6. The maximum atomic E-state index is 11.8. The lowest BCUT2D eigenvalue weighted by Crippen LogP contribution is -2.53. The Morgan fingerprint density at radius 1 is 1.41 bits per heavy atom. The molecule has 0 aromatic heterocycles. The Hall–Kier alpha value is -1.92. The van der Waals surface area contributed by atoms with Crippen molar-refractivity contribution in [2.24, 2.45) is 5.73 Å². The summed E-state index contributed by atoms with van der Waals surface area (Å²) in [6.07, 6.45) is 1.95. The van der Waals surface area contributed by atoms with Gasteiger partial charge in [0.25, 0.3) is 0 Å². The number of ether oxygens (including phenoxy) is 1. The molecule has 0 unspecified atom stereocenters. The number of hydrogen-bond acceptors (Lipinski definition) is 4. The van der Waals surface area contributed by atoms with Crippen molar-refractivity contribution < 1.29 is 14.3 Å². The van der Waals surface area contributed by atoms with Gasteiger partial charge >= 0.3 is 6.03 Å². The predicted molar refractivity (Wildman–Crippen MR) is 83.3 cm³/mol. The van der Waals surface area contributed by atoms with Crippen LogP contribution in [0.2, 0.25) is 0 Å². The van der Waals surface area contributed by atoms with Gasteiger partial charge in [-0.3, -0.25) is 15.0 Å². The van der Waals surface area contributed by atoms with Crippen molar-refractivity contribution >= 4 is 11.9 Å². The molecule has 2 rings (SSSR count). The lowest BCUT2D eigenvalue weighted by Gasteiger charge is -2.36. The van der Waals surface area contributed by atoms with Gasteiger partial charge in [-0.2, -0.15) is 0 Å². The number of hydrogen-bond donors (Lipinski definition) is 2. The van der Waals surface area contributed by atoms with Gasteiger partial charge < -0.3 is 10.5 Å². The standard InChI is InChI=1S/C16H23N3O3/c1-12(15(20)18-16(17)21)19-9-10-22-14(11-19)8-7-13-5-3-2-4-6-13/h2-6,12,14H,7-11H2,1H3,(H3,17,18,20,21)/t12-,14+/m0/s1. The van der Waals surface area contributed by atoms with E-state index >= 15 is 0 Å². The van der Waals surface area contributed by atoms with E-state index in [2.05, 4.69) is 17.4 Å². The number of benzene rings is 1. The van der Waals surface area contributed by atoms with Crippen LogP contribution in [0, 0.1) is 0 Å². The fourth-order valence-corrected chi connectivity index (χ4v) is 2.63. The molecule has 1 aromatic rings. The van der Waals surface area contributed by atoms with Crippen molar-refractivity contribution in [3.8, 4) is 0 Å². The summed E-state index contributed by atoms with van der Waals surface area (Å²) < 4.78 is 5.78. The van der Waals surface area contributed by atoms with E-state index in [0.29, 0.717) is 19.7 Å². The molecule has 1 aliphatic rings. The average molecular weight is 305 g/mol. The highest BCUT2D eigenvalue weighted by atomic mass is 16.5. The third kappa shape index (κ3) is 4.82. The third-order valence-electron chi connectivity index (χ3n) is 3.94. The number of urea groups is 1. The lowest BCUT2D eigenvalue weighted by molar-refractivity contribution is -0.128. The molecule has 0 saturated carbocycles. The Bertz CT molecular complexity index is 507. The molecule has 1 heterocycles. The van der Waals surface area contributed by atoms with Crippen molar-refractivity contribution in [3.63, 3.8) is 0 Å². The Balaban J connectivity index is 1.83. The van der Waals surface area contributed by atoms with E-state index in [9.17, 15) is 9.59 Å². The van der Waals surface area contributed by atoms with Crippen LogP contribution in [0.3, 0.4) is 0 Å². The molecule has 120 valence electrons. The van der Waals surface area contributed by atoms with Crippen molar-refractivity contribution in [3.05, 3.63) is 35.9 Å². The first kappa shape index (κ1) is 16.5. The molecular formula is C16H23N3O3. The summed E-state index contributed by atoms with van der Waals surface area (Å²) in [6, 6.07) is 9.05. The fraction of sp³-hybridized carbons (Fsp3) is 0.500. The summed E-state index contributed by atoms with van der Waals surface area (Å²) in [5, 5.41) is 2.13. The van der Waals surface area contributed by atoms with Gasteiger partial charge in [-0.15, -0.1) is 0 Å². The first-order valence-electron chi connectivity index (χ1n) is 7.56. The van der Waals surface area contributed by atoms with E-state index in [1.54, 1.807) is 6.92 Å². The van der Waals surface area contributed by atoms with Crippen molar-refractivity contribution in [2.45, 2.75) is 31.9 Å². The molecule has 3 N–H and O–H groups in total. The first-order valence-corrected chi connectivity index (χ1v) is 7.56. The number of nitrogens with zero attached hydrogens (tertiary/aromatic N) is 1. The molecule has 0 spiro atoms. The minimum absolute atomic E-state index is 0.0952. The van der Waals surface area contributed by atoms with E-state index in [1.807, 2.05) is 23.1 Å². The highest BCUT2D eigenvalue weighted by molar-refractivity contribution is 5.96. The molecule has 0 radical (unpaired) electrons. The van der Waals surface area contributed by atoms with Crippen LogP contribution in [-0.2, 0) is 16.0 Å². The van der Waals surface area contributed by atoms with E-state index in [4.69, 9.17) is 10.5 Å². The Labute approximate surface area is 130 Å². The minimum atomic E-state index is -0.814. The van der Waals surface area contributed by atoms with Gasteiger partial charge in [-0.1, -0.05) is 30.3 Å². The van der Waals surface area contributed by atoms with Gasteiger partial charge in [0.15, 0.2) is 0 Å². The summed E-state index contributed by atoms with van der Waals surface area (Å²) in [5.74, 6) is -0.365. The van der Waals surface area contributed by atoms with Crippen LogP contribution < -0.4 is 11.1 Å². The van der Waals surface area contributed by atoms with Crippen LogP contribution in [0.15, 0.2) is 30.3 Å². The van der Waals surface area contributed by atoms with E-state index in [-0.39, 0.29) is 12.0 Å². The number of carbonyl (C=O) groups is 2. The molecule has 0 bridgehead atoms. The van der Waals surface area contributed by atoms with Crippen LogP contribution in [0.5, 0.6) is 0 Å². The number of rotatable bonds is 5. The number of aryl methyl sites for hydroxylation is 1. The summed E-state index contributed by atoms with van der Waals surface area (Å²) in [6.45, 7) is 3.72. The largest absolute Gasteiger partial charge is 0.376 e. The predicted octanol–water partition coefficient (Wildman–Crippen LogP) is 0.903. The second-order valence-electron chi connectivity index (χ2n) is 5.54. The quantitative estimate of drug-likeness (QED) is 0.846. The smallest absolute Gasteiger partial charge is 0.318 e. The number of primary amides is 1. The molecule has 1 aromatic carbocycles. The molecule has 1 saturated heterocycles. The zero-order valence-electron chi connectivity index (χ0n) is 12.8. The van der Waals surface area contributed by atoms with Gasteiger partial charge in [0.1, 0.15) is 0 Å². The van der Waals surface area contributed by atoms with Crippen LogP contribution in [0.1, 0.15) is 18.9 Å². The molecule has 1 aliphatic heterocycles. The maximum Gasteiger partial charge on any atom is 0.318 e.